The highest BCUT2D eigenvalue weighted by atomic mass is 16.3. The summed E-state index contributed by atoms with van der Waals surface area (Å²) in [4.78, 5) is 19.8. The highest BCUT2D eigenvalue weighted by Gasteiger charge is 2.15. The van der Waals surface area contributed by atoms with E-state index >= 15 is 0 Å². The fourth-order valence-electron chi connectivity index (χ4n) is 1.89. The van der Waals surface area contributed by atoms with E-state index < -0.39 is 5.91 Å². The van der Waals surface area contributed by atoms with E-state index in [1.165, 1.54) is 6.08 Å². The van der Waals surface area contributed by atoms with Crippen LogP contribution in [0.2, 0.25) is 0 Å². The number of anilines is 1. The van der Waals surface area contributed by atoms with Crippen LogP contribution >= 0.6 is 0 Å². The molecule has 2 aromatic rings. The summed E-state index contributed by atoms with van der Waals surface area (Å²) in [6.07, 6.45) is 9.73. The Morgan fingerprint density at radius 1 is 1.36 bits per heavy atom. The van der Waals surface area contributed by atoms with E-state index in [1.807, 2.05) is 0 Å². The minimum atomic E-state index is -0.694. The molecule has 0 aromatic carbocycles. The average Bonchev–Trinajstić information content (AvgIpc) is 2.52. The van der Waals surface area contributed by atoms with Crippen LogP contribution in [0.25, 0.3) is 17.1 Å². The molecule has 0 saturated heterocycles. The maximum absolute atomic E-state index is 11.5. The SMILES string of the molecule is C/C=C(O)/C=C\C=C\c1c(N)c(C(N)=O)nc2cccnc12. The van der Waals surface area contributed by atoms with Crippen LogP contribution in [-0.4, -0.2) is 21.0 Å². The molecule has 2 aromatic heterocycles. The number of nitrogens with two attached hydrogens (primary N) is 2. The van der Waals surface area contributed by atoms with Crippen molar-refractivity contribution in [3.05, 3.63) is 59.7 Å². The van der Waals surface area contributed by atoms with Crippen LogP contribution in [0.15, 0.2) is 48.4 Å². The van der Waals surface area contributed by atoms with Crippen LogP contribution in [0.5, 0.6) is 0 Å². The number of fused-ring (bicyclic) bond motifs is 1. The van der Waals surface area contributed by atoms with Crippen molar-refractivity contribution in [1.29, 1.82) is 0 Å². The van der Waals surface area contributed by atoms with Gasteiger partial charge in [0.25, 0.3) is 5.91 Å². The number of aliphatic hydroxyl groups excluding tert-OH is 1. The zero-order chi connectivity index (χ0) is 16.1. The normalized spacial score (nSPS) is 12.5. The van der Waals surface area contributed by atoms with Crippen molar-refractivity contribution in [2.45, 2.75) is 6.92 Å². The highest BCUT2D eigenvalue weighted by Crippen LogP contribution is 2.25. The van der Waals surface area contributed by atoms with E-state index in [-0.39, 0.29) is 17.1 Å². The largest absolute Gasteiger partial charge is 0.508 e. The molecule has 1 amide bonds. The van der Waals surface area contributed by atoms with Crippen molar-refractivity contribution in [3.8, 4) is 0 Å². The first kappa shape index (κ1) is 15.2. The molecule has 0 spiro atoms. The highest BCUT2D eigenvalue weighted by molar-refractivity contribution is 6.03. The first-order valence-corrected chi connectivity index (χ1v) is 6.58. The molecule has 5 N–H and O–H groups in total. The lowest BCUT2D eigenvalue weighted by atomic mass is 10.1. The number of rotatable bonds is 4. The summed E-state index contributed by atoms with van der Waals surface area (Å²) in [5.74, 6) is -0.548. The number of allylic oxidation sites excluding steroid dienone is 4. The molecule has 0 radical (unpaired) electrons. The molecule has 0 bridgehead atoms. The number of primary amides is 1. The Kier molecular flexibility index (Phi) is 4.53. The summed E-state index contributed by atoms with van der Waals surface area (Å²) in [5.41, 5.74) is 13.1. The molecular weight excluding hydrogens is 280 g/mol. The number of nitrogen functional groups attached to an aromatic ring is 1. The number of nitrogens with zero attached hydrogens (tertiary/aromatic N) is 2. The number of carbonyl (C=O) groups is 1. The molecule has 0 aliphatic rings. The van der Waals surface area contributed by atoms with E-state index in [0.29, 0.717) is 16.6 Å². The first-order valence-electron chi connectivity index (χ1n) is 6.58. The topological polar surface area (TPSA) is 115 Å². The minimum absolute atomic E-state index is 0.0143. The van der Waals surface area contributed by atoms with Crippen molar-refractivity contribution in [2.24, 2.45) is 5.73 Å². The predicted molar refractivity (Wildman–Crippen MR) is 87.0 cm³/mol. The molecule has 112 valence electrons. The molecule has 6 heteroatoms. The second kappa shape index (κ2) is 6.53. The van der Waals surface area contributed by atoms with Gasteiger partial charge < -0.3 is 16.6 Å². The van der Waals surface area contributed by atoms with Gasteiger partial charge in [0, 0.05) is 11.8 Å². The molecule has 2 rings (SSSR count). The van der Waals surface area contributed by atoms with Gasteiger partial charge in [-0.2, -0.15) is 0 Å². The molecule has 0 aliphatic carbocycles. The quantitative estimate of drug-likeness (QED) is 0.591. The number of pyridine rings is 2. The summed E-state index contributed by atoms with van der Waals surface area (Å²) in [6.45, 7) is 1.72. The van der Waals surface area contributed by atoms with Crippen molar-refractivity contribution in [1.82, 2.24) is 9.97 Å². The molecule has 22 heavy (non-hydrogen) atoms. The summed E-state index contributed by atoms with van der Waals surface area (Å²) in [6, 6.07) is 3.45. The van der Waals surface area contributed by atoms with Gasteiger partial charge >= 0.3 is 0 Å². The summed E-state index contributed by atoms with van der Waals surface area (Å²) in [5, 5.41) is 9.33. The smallest absolute Gasteiger partial charge is 0.269 e. The van der Waals surface area contributed by atoms with Gasteiger partial charge in [0.1, 0.15) is 5.76 Å². The van der Waals surface area contributed by atoms with Crippen LogP contribution in [-0.2, 0) is 0 Å². The monoisotopic (exact) mass is 296 g/mol. The van der Waals surface area contributed by atoms with E-state index in [4.69, 9.17) is 11.5 Å². The molecule has 2 heterocycles. The van der Waals surface area contributed by atoms with Gasteiger partial charge in [-0.15, -0.1) is 0 Å². The molecule has 0 aliphatic heterocycles. The zero-order valence-electron chi connectivity index (χ0n) is 12.0. The number of carbonyl (C=O) groups excluding carboxylic acids is 1. The second-order valence-corrected chi connectivity index (χ2v) is 4.45. The van der Waals surface area contributed by atoms with E-state index in [2.05, 4.69) is 9.97 Å². The molecule has 0 unspecified atom stereocenters. The van der Waals surface area contributed by atoms with Gasteiger partial charge in [-0.3, -0.25) is 9.78 Å². The number of aromatic nitrogens is 2. The fourth-order valence-corrected chi connectivity index (χ4v) is 1.89. The van der Waals surface area contributed by atoms with Crippen molar-refractivity contribution >= 4 is 28.7 Å². The number of hydrogen-bond acceptors (Lipinski definition) is 5. The predicted octanol–water partition coefficient (Wildman–Crippen LogP) is 2.34. The third-order valence-electron chi connectivity index (χ3n) is 2.99. The molecule has 6 nitrogen and oxygen atoms in total. The van der Waals surface area contributed by atoms with Crippen LogP contribution in [0.3, 0.4) is 0 Å². The lowest BCUT2D eigenvalue weighted by Gasteiger charge is -2.08. The molecule has 0 atom stereocenters. The maximum Gasteiger partial charge on any atom is 0.269 e. The Bertz CT molecular complexity index is 807. The third kappa shape index (κ3) is 3.12. The van der Waals surface area contributed by atoms with Gasteiger partial charge in [-0.05, 0) is 31.2 Å². The summed E-state index contributed by atoms with van der Waals surface area (Å²) >= 11 is 0. The first-order chi connectivity index (χ1) is 10.5. The lowest BCUT2D eigenvalue weighted by Crippen LogP contribution is -2.16. The number of aliphatic hydroxyl groups is 1. The minimum Gasteiger partial charge on any atom is -0.508 e. The van der Waals surface area contributed by atoms with Crippen LogP contribution in [0, 0.1) is 0 Å². The Morgan fingerprint density at radius 3 is 2.82 bits per heavy atom. The van der Waals surface area contributed by atoms with Crippen LogP contribution in [0.4, 0.5) is 5.69 Å². The van der Waals surface area contributed by atoms with E-state index in [9.17, 15) is 9.90 Å². The maximum atomic E-state index is 11.5. The van der Waals surface area contributed by atoms with E-state index in [0.717, 1.165) is 0 Å². The van der Waals surface area contributed by atoms with Gasteiger partial charge in [0.05, 0.1) is 16.7 Å². The lowest BCUT2D eigenvalue weighted by molar-refractivity contribution is 0.0997. The Morgan fingerprint density at radius 2 is 2.14 bits per heavy atom. The van der Waals surface area contributed by atoms with Crippen LogP contribution in [0.1, 0.15) is 23.0 Å². The second-order valence-electron chi connectivity index (χ2n) is 4.45. The van der Waals surface area contributed by atoms with Crippen molar-refractivity contribution in [2.75, 3.05) is 5.73 Å². The summed E-state index contributed by atoms with van der Waals surface area (Å²) in [7, 11) is 0. The summed E-state index contributed by atoms with van der Waals surface area (Å²) < 4.78 is 0. The van der Waals surface area contributed by atoms with Crippen molar-refractivity contribution < 1.29 is 9.90 Å². The van der Waals surface area contributed by atoms with Crippen molar-refractivity contribution in [3.63, 3.8) is 0 Å². The Hall–Kier alpha value is -3.15. The fraction of sp³-hybridized carbons (Fsp3) is 0.0625. The third-order valence-corrected chi connectivity index (χ3v) is 2.99. The standard InChI is InChI=1S/C16H16N4O2/c1-2-10(21)6-3-4-7-11-13(17)15(16(18)22)20-12-8-5-9-19-14(11)12/h2-9,21H,17H2,1H3,(H2,18,22)/b6-3-,7-4+,10-2-. The average molecular weight is 296 g/mol. The number of hydrogen-bond donors (Lipinski definition) is 3. The zero-order valence-corrected chi connectivity index (χ0v) is 12.0. The molecular formula is C16H16N4O2. The van der Waals surface area contributed by atoms with Gasteiger partial charge in [0.15, 0.2) is 5.69 Å². The van der Waals surface area contributed by atoms with Crippen LogP contribution < -0.4 is 11.5 Å². The van der Waals surface area contributed by atoms with Gasteiger partial charge in [-0.25, -0.2) is 4.98 Å². The Labute approximate surface area is 127 Å². The Balaban J connectivity index is 2.56. The molecule has 0 fully saturated rings. The number of amides is 1. The van der Waals surface area contributed by atoms with Gasteiger partial charge in [0.2, 0.25) is 0 Å². The molecule has 0 saturated carbocycles. The van der Waals surface area contributed by atoms with E-state index in [1.54, 1.807) is 49.6 Å². The van der Waals surface area contributed by atoms with Gasteiger partial charge in [-0.1, -0.05) is 18.2 Å².